The van der Waals surface area contributed by atoms with Gasteiger partial charge in [0.15, 0.2) is 6.29 Å². The average Bonchev–Trinajstić information content (AvgIpc) is 2.91. The Kier molecular flexibility index (Phi) is 2.80. The van der Waals surface area contributed by atoms with Gasteiger partial charge in [-0.25, -0.2) is 0 Å². The highest BCUT2D eigenvalue weighted by molar-refractivity contribution is 7.11. The first-order valence-corrected chi connectivity index (χ1v) is 6.90. The van der Waals surface area contributed by atoms with Crippen LogP contribution in [0.3, 0.4) is 0 Å². The molecule has 0 radical (unpaired) electrons. The molecule has 0 aliphatic carbocycles. The molecule has 18 heavy (non-hydrogen) atoms. The van der Waals surface area contributed by atoms with Gasteiger partial charge in [-0.3, -0.25) is 9.69 Å². The van der Waals surface area contributed by atoms with E-state index in [2.05, 4.69) is 42.5 Å². The molecule has 1 aliphatic rings. The van der Waals surface area contributed by atoms with Crippen LogP contribution in [0.5, 0.6) is 0 Å². The minimum atomic E-state index is 0.297. The van der Waals surface area contributed by atoms with Crippen LogP contribution in [0.1, 0.15) is 38.0 Å². The molecule has 92 valence electrons. The fourth-order valence-corrected chi connectivity index (χ4v) is 3.47. The van der Waals surface area contributed by atoms with E-state index < -0.39 is 0 Å². The maximum Gasteiger partial charge on any atom is 0.160 e. The third kappa shape index (κ3) is 1.80. The van der Waals surface area contributed by atoms with Crippen LogP contribution in [-0.2, 0) is 6.54 Å². The molecule has 1 aliphatic heterocycles. The van der Waals surface area contributed by atoms with E-state index in [0.717, 1.165) is 17.7 Å². The number of hydrogen-bond acceptors (Lipinski definition) is 3. The minimum Gasteiger partial charge on any atom is -0.297 e. The second kappa shape index (κ2) is 4.34. The summed E-state index contributed by atoms with van der Waals surface area (Å²) < 4.78 is 0. The number of thiophene rings is 1. The molecule has 0 saturated carbocycles. The summed E-state index contributed by atoms with van der Waals surface area (Å²) in [6.07, 6.45) is 0.930. The molecule has 1 unspecified atom stereocenters. The second-order valence-corrected chi connectivity index (χ2v) is 5.86. The minimum absolute atomic E-state index is 0.297. The van der Waals surface area contributed by atoms with Gasteiger partial charge in [0.05, 0.1) is 10.9 Å². The Labute approximate surface area is 111 Å². The van der Waals surface area contributed by atoms with Crippen molar-refractivity contribution in [1.82, 2.24) is 4.90 Å². The van der Waals surface area contributed by atoms with Gasteiger partial charge >= 0.3 is 0 Å². The molecule has 0 bridgehead atoms. The van der Waals surface area contributed by atoms with Crippen LogP contribution in [0.2, 0.25) is 0 Å². The van der Waals surface area contributed by atoms with Crippen molar-refractivity contribution in [2.24, 2.45) is 0 Å². The maximum atomic E-state index is 10.8. The maximum absolute atomic E-state index is 10.8. The second-order valence-electron chi connectivity index (χ2n) is 4.92. The molecule has 0 fully saturated rings. The first-order valence-electron chi connectivity index (χ1n) is 6.02. The predicted octanol–water partition coefficient (Wildman–Crippen LogP) is 3.40. The van der Waals surface area contributed by atoms with Crippen LogP contribution >= 0.6 is 11.3 Å². The lowest BCUT2D eigenvalue weighted by molar-refractivity contribution is 0.112. The standard InChI is InChI=1S/C15H15NOS/c1-10-3-4-14-11(5-10)7-16(2)15(14)12-6-13(8-17)18-9-12/h3-6,8-9,15H,7H2,1-2H3. The Morgan fingerprint density at radius 3 is 2.94 bits per heavy atom. The normalized spacial score (nSPS) is 18.9. The lowest BCUT2D eigenvalue weighted by atomic mass is 9.98. The molecular weight excluding hydrogens is 242 g/mol. The van der Waals surface area contributed by atoms with Gasteiger partial charge in [-0.15, -0.1) is 11.3 Å². The summed E-state index contributed by atoms with van der Waals surface area (Å²) in [4.78, 5) is 13.9. The topological polar surface area (TPSA) is 20.3 Å². The van der Waals surface area contributed by atoms with Crippen LogP contribution in [0.4, 0.5) is 0 Å². The summed E-state index contributed by atoms with van der Waals surface area (Å²) in [5.41, 5.74) is 5.31. The van der Waals surface area contributed by atoms with Crippen molar-refractivity contribution in [3.05, 3.63) is 56.8 Å². The number of rotatable bonds is 2. The Balaban J connectivity index is 2.05. The summed E-state index contributed by atoms with van der Waals surface area (Å²) in [5, 5.41) is 2.10. The number of hydrogen-bond donors (Lipinski definition) is 0. The Morgan fingerprint density at radius 2 is 2.22 bits per heavy atom. The van der Waals surface area contributed by atoms with Crippen molar-refractivity contribution in [2.45, 2.75) is 19.5 Å². The SMILES string of the molecule is Cc1ccc2c(c1)CN(C)C2c1csc(C=O)c1. The zero-order valence-electron chi connectivity index (χ0n) is 10.5. The van der Waals surface area contributed by atoms with Gasteiger partial charge in [-0.1, -0.05) is 23.8 Å². The Hall–Kier alpha value is -1.45. The summed E-state index contributed by atoms with van der Waals surface area (Å²) in [6, 6.07) is 8.95. The highest BCUT2D eigenvalue weighted by atomic mass is 32.1. The molecule has 2 nitrogen and oxygen atoms in total. The van der Waals surface area contributed by atoms with Crippen molar-refractivity contribution in [1.29, 1.82) is 0 Å². The molecule has 2 aromatic rings. The summed E-state index contributed by atoms with van der Waals surface area (Å²) in [7, 11) is 2.14. The van der Waals surface area contributed by atoms with E-state index in [-0.39, 0.29) is 0 Å². The first-order chi connectivity index (χ1) is 8.69. The molecule has 3 heteroatoms. The number of aryl methyl sites for hydroxylation is 1. The number of benzene rings is 1. The van der Waals surface area contributed by atoms with Crippen molar-refractivity contribution < 1.29 is 4.79 Å². The van der Waals surface area contributed by atoms with Crippen LogP contribution < -0.4 is 0 Å². The number of fused-ring (bicyclic) bond motifs is 1. The third-order valence-electron chi connectivity index (χ3n) is 3.53. The van der Waals surface area contributed by atoms with E-state index in [0.29, 0.717) is 6.04 Å². The highest BCUT2D eigenvalue weighted by Crippen LogP contribution is 2.38. The average molecular weight is 257 g/mol. The van der Waals surface area contributed by atoms with Gasteiger partial charge < -0.3 is 0 Å². The van der Waals surface area contributed by atoms with Crippen molar-refractivity contribution in [3.8, 4) is 0 Å². The number of aldehydes is 1. The number of carbonyl (C=O) groups is 1. The fraction of sp³-hybridized carbons (Fsp3) is 0.267. The predicted molar refractivity (Wildman–Crippen MR) is 74.2 cm³/mol. The van der Waals surface area contributed by atoms with E-state index >= 15 is 0 Å². The molecule has 1 aromatic heterocycles. The van der Waals surface area contributed by atoms with Crippen LogP contribution in [-0.4, -0.2) is 18.2 Å². The molecule has 0 amide bonds. The monoisotopic (exact) mass is 257 g/mol. The quantitative estimate of drug-likeness (QED) is 0.768. The van der Waals surface area contributed by atoms with Crippen LogP contribution in [0, 0.1) is 6.92 Å². The van der Waals surface area contributed by atoms with Crippen molar-refractivity contribution in [2.75, 3.05) is 7.05 Å². The molecule has 0 spiro atoms. The van der Waals surface area contributed by atoms with Crippen LogP contribution in [0.15, 0.2) is 29.6 Å². The van der Waals surface area contributed by atoms with E-state index in [1.807, 2.05) is 6.07 Å². The van der Waals surface area contributed by atoms with Gasteiger partial charge in [0.1, 0.15) is 0 Å². The van der Waals surface area contributed by atoms with Gasteiger partial charge in [0.25, 0.3) is 0 Å². The fourth-order valence-electron chi connectivity index (χ4n) is 2.74. The zero-order chi connectivity index (χ0) is 12.7. The molecular formula is C15H15NOS. The molecule has 2 heterocycles. The van der Waals surface area contributed by atoms with E-state index in [1.54, 1.807) is 0 Å². The Morgan fingerprint density at radius 1 is 1.39 bits per heavy atom. The van der Waals surface area contributed by atoms with Crippen molar-refractivity contribution >= 4 is 17.6 Å². The lowest BCUT2D eigenvalue weighted by Crippen LogP contribution is -2.16. The van der Waals surface area contributed by atoms with Gasteiger partial charge in [-0.2, -0.15) is 0 Å². The number of nitrogens with zero attached hydrogens (tertiary/aromatic N) is 1. The zero-order valence-corrected chi connectivity index (χ0v) is 11.3. The molecule has 0 N–H and O–H groups in total. The summed E-state index contributed by atoms with van der Waals surface area (Å²) >= 11 is 1.52. The van der Waals surface area contributed by atoms with E-state index in [9.17, 15) is 4.79 Å². The van der Waals surface area contributed by atoms with Crippen molar-refractivity contribution in [3.63, 3.8) is 0 Å². The summed E-state index contributed by atoms with van der Waals surface area (Å²) in [6.45, 7) is 3.11. The number of carbonyl (C=O) groups excluding carboxylic acids is 1. The van der Waals surface area contributed by atoms with Gasteiger partial charge in [-0.05, 0) is 42.1 Å². The molecule has 3 rings (SSSR count). The smallest absolute Gasteiger partial charge is 0.160 e. The van der Waals surface area contributed by atoms with E-state index in [4.69, 9.17) is 0 Å². The molecule has 1 aromatic carbocycles. The van der Waals surface area contributed by atoms with Crippen LogP contribution in [0.25, 0.3) is 0 Å². The van der Waals surface area contributed by atoms with Gasteiger partial charge in [0, 0.05) is 6.54 Å². The Bertz CT molecular complexity index is 602. The summed E-state index contributed by atoms with van der Waals surface area (Å²) in [5.74, 6) is 0. The lowest BCUT2D eigenvalue weighted by Gasteiger charge is -2.19. The highest BCUT2D eigenvalue weighted by Gasteiger charge is 2.29. The largest absolute Gasteiger partial charge is 0.297 e. The molecule has 1 atom stereocenters. The van der Waals surface area contributed by atoms with E-state index in [1.165, 1.54) is 33.6 Å². The van der Waals surface area contributed by atoms with Gasteiger partial charge in [0.2, 0.25) is 0 Å². The first kappa shape index (κ1) is 11.6. The third-order valence-corrected chi connectivity index (χ3v) is 4.40. The molecule has 0 saturated heterocycles.